The maximum atomic E-state index is 7.33. The van der Waals surface area contributed by atoms with Crippen molar-refractivity contribution >= 4 is 20.0 Å². The summed E-state index contributed by atoms with van der Waals surface area (Å²) < 4.78 is 0. The molecule has 0 amide bonds. The Hall–Kier alpha value is 0.793. The summed E-state index contributed by atoms with van der Waals surface area (Å²) in [7, 11) is -4.61. The zero-order valence-electron chi connectivity index (χ0n) is 2.59. The van der Waals surface area contributed by atoms with Gasteiger partial charge in [-0.15, -0.1) is 0 Å². The Morgan fingerprint density at radius 3 is 0.857 bits per heavy atom. The monoisotopic (exact) mass is 191 g/mol. The Kier molecular flexibility index (Phi) is 11.0. The molecule has 0 aromatic heterocycles. The molecule has 0 atom stereocenters. The van der Waals surface area contributed by atoms with E-state index in [0.29, 0.717) is 0 Å². The topological polar surface area (TPSA) is 80.9 Å². The van der Waals surface area contributed by atoms with E-state index in [0.717, 1.165) is 0 Å². The summed E-state index contributed by atoms with van der Waals surface area (Å²) >= 11 is 0. The molecule has 1 radical (unpaired) electrons. The molecule has 0 aromatic rings. The van der Waals surface area contributed by atoms with Crippen molar-refractivity contribution in [3.8, 4) is 0 Å². The van der Waals surface area contributed by atoms with E-state index >= 15 is 0 Å². The van der Waals surface area contributed by atoms with Crippen LogP contribution in [0.5, 0.6) is 0 Å². The number of hydrogen-bond acceptors (Lipinski definition) is 4. The van der Waals surface area contributed by atoms with E-state index in [1.807, 2.05) is 0 Å². The van der Waals surface area contributed by atoms with E-state index in [1.165, 1.54) is 0 Å². The van der Waals surface area contributed by atoms with Crippen LogP contribution in [0.1, 0.15) is 0 Å². The molecule has 0 fully saturated rings. The first kappa shape index (κ1) is 15.7. The van der Waals surface area contributed by atoms with Gasteiger partial charge in [-0.05, 0) is 11.0 Å². The maximum absolute atomic E-state index is 7.33. The summed E-state index contributed by atoms with van der Waals surface area (Å²) in [6.07, 6.45) is 0. The van der Waals surface area contributed by atoms with Gasteiger partial charge in [0.2, 0.25) is 0 Å². The van der Waals surface area contributed by atoms with Crippen LogP contribution in [0.3, 0.4) is 0 Å². The van der Waals surface area contributed by atoms with Gasteiger partial charge in [0, 0.05) is 17.1 Å². The molecule has 0 unspecified atom stereocenters. The molecular weight excluding hydrogens is 184 g/mol. The normalized spacial score (nSPS) is 8.57. The van der Waals surface area contributed by atoms with E-state index in [4.69, 9.17) is 19.2 Å². The van der Waals surface area contributed by atoms with Gasteiger partial charge in [-0.1, -0.05) is 0 Å². The van der Waals surface area contributed by atoms with Crippen LogP contribution in [0.2, 0.25) is 0 Å². The van der Waals surface area contributed by atoms with Crippen LogP contribution < -0.4 is 0 Å². The molecule has 0 aromatic carbocycles. The summed E-state index contributed by atoms with van der Waals surface area (Å²) in [6.45, 7) is 0. The summed E-state index contributed by atoms with van der Waals surface area (Å²) in [5, 5.41) is 0. The molecule has 7 heteroatoms. The zero-order valence-corrected chi connectivity index (χ0v) is 4.53. The van der Waals surface area contributed by atoms with E-state index in [2.05, 4.69) is 0 Å². The average Bonchev–Trinajstić information content (AvgIpc) is 0.722. The first-order valence-corrected chi connectivity index (χ1v) is 2.68. The summed E-state index contributed by atoms with van der Waals surface area (Å²) in [5.74, 6) is 0. The van der Waals surface area contributed by atoms with Gasteiger partial charge < -0.3 is 19.2 Å². The standard InChI is InChI=1S/Cu.H4O4Si.H4Si/c;1-5(2,3)4;/h;1-4H;1H4. The molecule has 0 saturated heterocycles. The van der Waals surface area contributed by atoms with Crippen LogP contribution >= 0.6 is 0 Å². The van der Waals surface area contributed by atoms with E-state index in [9.17, 15) is 0 Å². The first-order valence-electron chi connectivity index (χ1n) is 0.894. The third kappa shape index (κ3) is 248. The molecule has 4 N–H and O–H groups in total. The molecule has 4 nitrogen and oxygen atoms in total. The van der Waals surface area contributed by atoms with Gasteiger partial charge in [0.25, 0.3) is 0 Å². The second-order valence-electron chi connectivity index (χ2n) is 0.600. The zero-order chi connectivity index (χ0) is 4.50. The summed E-state index contributed by atoms with van der Waals surface area (Å²) in [4.78, 5) is 29.3. The van der Waals surface area contributed by atoms with E-state index < -0.39 is 9.05 Å². The molecule has 0 saturated carbocycles. The van der Waals surface area contributed by atoms with Crippen LogP contribution in [0.15, 0.2) is 0 Å². The van der Waals surface area contributed by atoms with Crippen LogP contribution in [-0.2, 0) is 17.1 Å². The van der Waals surface area contributed by atoms with Crippen molar-refractivity contribution in [3.63, 3.8) is 0 Å². The van der Waals surface area contributed by atoms with Crippen molar-refractivity contribution in [2.75, 3.05) is 0 Å². The molecule has 0 aliphatic rings. The molecule has 0 aliphatic heterocycles. The Bertz CT molecular complexity index is 25.2. The SMILES string of the molecule is O[Si](O)(O)O.[Cu].[SiH4]. The smallest absolute Gasteiger partial charge is 0.368 e. The number of hydrogen-bond donors (Lipinski definition) is 4. The second-order valence-corrected chi connectivity index (χ2v) is 1.80. The first-order chi connectivity index (χ1) is 2.00. The molecule has 7 heavy (non-hydrogen) atoms. The van der Waals surface area contributed by atoms with Crippen molar-refractivity contribution in [2.45, 2.75) is 0 Å². The van der Waals surface area contributed by atoms with Crippen molar-refractivity contribution in [1.29, 1.82) is 0 Å². The van der Waals surface area contributed by atoms with E-state index in [-0.39, 0.29) is 28.0 Å². The van der Waals surface area contributed by atoms with Crippen LogP contribution in [0.4, 0.5) is 0 Å². The molecule has 0 bridgehead atoms. The number of rotatable bonds is 0. The minimum absolute atomic E-state index is 0. The fourth-order valence-corrected chi connectivity index (χ4v) is 0. The molecule has 51 valence electrons. The predicted octanol–water partition coefficient (Wildman–Crippen LogP) is -4.06. The van der Waals surface area contributed by atoms with Gasteiger partial charge in [-0.3, -0.25) is 0 Å². The summed E-state index contributed by atoms with van der Waals surface area (Å²) in [5.41, 5.74) is 0. The van der Waals surface area contributed by atoms with Crippen LogP contribution in [-0.4, -0.2) is 39.2 Å². The summed E-state index contributed by atoms with van der Waals surface area (Å²) in [6, 6.07) is 0. The van der Waals surface area contributed by atoms with Gasteiger partial charge in [0.1, 0.15) is 0 Å². The fourth-order valence-electron chi connectivity index (χ4n) is 0. The Balaban J connectivity index is -0.0000000800. The van der Waals surface area contributed by atoms with E-state index in [1.54, 1.807) is 0 Å². The van der Waals surface area contributed by atoms with Crippen molar-refractivity contribution in [1.82, 2.24) is 0 Å². The fraction of sp³-hybridized carbons (Fsp3) is 0. The van der Waals surface area contributed by atoms with Gasteiger partial charge in [-0.25, -0.2) is 0 Å². The average molecular weight is 192 g/mol. The second kappa shape index (κ2) is 4.94. The van der Waals surface area contributed by atoms with Gasteiger partial charge in [0.05, 0.1) is 0 Å². The Morgan fingerprint density at radius 1 is 0.857 bits per heavy atom. The van der Waals surface area contributed by atoms with Gasteiger partial charge in [0.15, 0.2) is 0 Å². The van der Waals surface area contributed by atoms with Crippen LogP contribution in [0, 0.1) is 0 Å². The maximum Gasteiger partial charge on any atom is 0.668 e. The minimum atomic E-state index is -4.61. The minimum Gasteiger partial charge on any atom is -0.368 e. The Morgan fingerprint density at radius 2 is 0.857 bits per heavy atom. The largest absolute Gasteiger partial charge is 0.668 e. The predicted molar refractivity (Wildman–Crippen MR) is 26.0 cm³/mol. The van der Waals surface area contributed by atoms with Crippen molar-refractivity contribution in [2.24, 2.45) is 0 Å². The molecule has 0 aliphatic carbocycles. The van der Waals surface area contributed by atoms with Crippen LogP contribution in [0.25, 0.3) is 0 Å². The van der Waals surface area contributed by atoms with Gasteiger partial charge in [-0.2, -0.15) is 0 Å². The quantitative estimate of drug-likeness (QED) is 0.294. The molecular formula is H8CuO4Si2. The third-order valence-corrected chi connectivity index (χ3v) is 0. The van der Waals surface area contributed by atoms with Crippen molar-refractivity contribution < 1.29 is 36.3 Å². The van der Waals surface area contributed by atoms with Crippen molar-refractivity contribution in [3.05, 3.63) is 0 Å². The Labute approximate surface area is 56.8 Å². The molecule has 0 heterocycles. The molecule has 0 rings (SSSR count). The molecule has 0 spiro atoms. The van der Waals surface area contributed by atoms with Gasteiger partial charge >= 0.3 is 9.05 Å². The third-order valence-electron chi connectivity index (χ3n) is 0.